The van der Waals surface area contributed by atoms with Crippen LogP contribution in [-0.4, -0.2) is 61.3 Å². The number of aliphatic hydroxyl groups excluding tert-OH is 1. The van der Waals surface area contributed by atoms with Crippen molar-refractivity contribution in [3.05, 3.63) is 42.3 Å². The van der Waals surface area contributed by atoms with Crippen LogP contribution in [0.4, 0.5) is 28.0 Å². The molecule has 1 aromatic carbocycles. The van der Waals surface area contributed by atoms with Crippen LogP contribution in [0.2, 0.25) is 0 Å². The molecule has 2 aromatic heterocycles. The molecule has 4 rings (SSSR count). The normalized spacial score (nSPS) is 17.3. The number of cyclic esters (lactones) is 1. The number of ether oxygens (including phenoxy) is 1. The SMILES string of the molecule is CCCn1nnc(-c2ccc(-c3ccc(N4C[C@H](C(O)C(F)(F)F)OC4=O)cc3F)cn2)n1. The van der Waals surface area contributed by atoms with Crippen LogP contribution in [0.15, 0.2) is 36.5 Å². The molecule has 0 saturated carbocycles. The van der Waals surface area contributed by atoms with E-state index >= 15 is 0 Å². The number of tetrazole rings is 1. The molecule has 0 spiro atoms. The van der Waals surface area contributed by atoms with Crippen molar-refractivity contribution >= 4 is 11.8 Å². The zero-order chi connectivity index (χ0) is 23.8. The second kappa shape index (κ2) is 8.73. The summed E-state index contributed by atoms with van der Waals surface area (Å²) in [7, 11) is 0. The molecule has 1 saturated heterocycles. The highest BCUT2D eigenvalue weighted by atomic mass is 19.4. The molecule has 1 N–H and O–H groups in total. The number of benzene rings is 1. The number of hydrogen-bond donors (Lipinski definition) is 1. The fourth-order valence-electron chi connectivity index (χ4n) is 3.30. The third-order valence-electron chi connectivity index (χ3n) is 4.97. The van der Waals surface area contributed by atoms with E-state index in [1.54, 1.807) is 12.1 Å². The summed E-state index contributed by atoms with van der Waals surface area (Å²) in [6.07, 6.45) is -8.43. The van der Waals surface area contributed by atoms with Crippen LogP contribution in [0.25, 0.3) is 22.6 Å². The predicted octanol–water partition coefficient (Wildman–Crippen LogP) is 3.20. The van der Waals surface area contributed by atoms with E-state index in [2.05, 4.69) is 25.1 Å². The summed E-state index contributed by atoms with van der Waals surface area (Å²) in [6.45, 7) is 2.02. The minimum atomic E-state index is -4.95. The molecule has 1 aliphatic heterocycles. The Labute approximate surface area is 184 Å². The van der Waals surface area contributed by atoms with Crippen LogP contribution in [0.3, 0.4) is 0 Å². The molecule has 9 nitrogen and oxygen atoms in total. The minimum Gasteiger partial charge on any atom is -0.441 e. The number of carbonyl (C=O) groups excluding carboxylic acids is 1. The number of pyridine rings is 1. The number of carbonyl (C=O) groups is 1. The summed E-state index contributed by atoms with van der Waals surface area (Å²) in [5, 5.41) is 21.4. The van der Waals surface area contributed by atoms with E-state index < -0.39 is 36.8 Å². The lowest BCUT2D eigenvalue weighted by Crippen LogP contribution is -2.42. The molecule has 1 unspecified atom stereocenters. The lowest BCUT2D eigenvalue weighted by molar-refractivity contribution is -0.224. The van der Waals surface area contributed by atoms with Crippen LogP contribution >= 0.6 is 0 Å². The van der Waals surface area contributed by atoms with Gasteiger partial charge in [0.1, 0.15) is 11.5 Å². The maximum Gasteiger partial charge on any atom is 0.418 e. The average molecular weight is 466 g/mol. The largest absolute Gasteiger partial charge is 0.441 e. The Balaban J connectivity index is 1.51. The summed E-state index contributed by atoms with van der Waals surface area (Å²) < 4.78 is 57.5. The fraction of sp³-hybridized carbons (Fsp3) is 0.350. The number of aliphatic hydroxyl groups is 1. The lowest BCUT2D eigenvalue weighted by atomic mass is 10.1. The van der Waals surface area contributed by atoms with Gasteiger partial charge in [0, 0.05) is 17.3 Å². The topological polar surface area (TPSA) is 106 Å². The zero-order valence-corrected chi connectivity index (χ0v) is 17.2. The molecule has 1 amide bonds. The maximum absolute atomic E-state index is 14.8. The predicted molar refractivity (Wildman–Crippen MR) is 106 cm³/mol. The minimum absolute atomic E-state index is 0.000517. The third-order valence-corrected chi connectivity index (χ3v) is 4.97. The van der Waals surface area contributed by atoms with Gasteiger partial charge < -0.3 is 9.84 Å². The van der Waals surface area contributed by atoms with Gasteiger partial charge in [0.05, 0.1) is 18.8 Å². The summed E-state index contributed by atoms with van der Waals surface area (Å²) in [4.78, 5) is 18.5. The molecule has 0 aliphatic carbocycles. The summed E-state index contributed by atoms with van der Waals surface area (Å²) in [5.74, 6) is -0.393. The van der Waals surface area contributed by atoms with Crippen molar-refractivity contribution in [2.24, 2.45) is 0 Å². The first-order chi connectivity index (χ1) is 15.7. The van der Waals surface area contributed by atoms with Crippen LogP contribution in [0, 0.1) is 5.82 Å². The molecular weight excluding hydrogens is 448 g/mol. The molecule has 33 heavy (non-hydrogen) atoms. The molecular formula is C20H18F4N6O3. The molecule has 0 bridgehead atoms. The highest BCUT2D eigenvalue weighted by Gasteiger charge is 2.49. The maximum atomic E-state index is 14.8. The molecule has 3 heterocycles. The van der Waals surface area contributed by atoms with Crippen LogP contribution in [-0.2, 0) is 11.3 Å². The van der Waals surface area contributed by atoms with E-state index in [0.717, 1.165) is 17.4 Å². The number of amides is 1. The average Bonchev–Trinajstić information content (AvgIpc) is 3.40. The standard InChI is InChI=1S/C20H18F4N6O3/c1-2-7-30-27-18(26-28-30)15-6-3-11(9-25-15)13-5-4-12(8-14(13)21)29-10-16(33-19(29)32)17(31)20(22,23)24/h3-6,8-9,16-17,31H,2,7,10H2,1H3/t16-,17?/m1/s1. The Morgan fingerprint density at radius 2 is 2.06 bits per heavy atom. The molecule has 13 heteroatoms. The molecule has 2 atom stereocenters. The molecule has 1 fully saturated rings. The number of aryl methyl sites for hydroxylation is 1. The van der Waals surface area contributed by atoms with Crippen molar-refractivity contribution in [3.63, 3.8) is 0 Å². The third kappa shape index (κ3) is 4.62. The van der Waals surface area contributed by atoms with Gasteiger partial charge in [-0.1, -0.05) is 13.0 Å². The van der Waals surface area contributed by atoms with Crippen molar-refractivity contribution in [1.29, 1.82) is 0 Å². The Morgan fingerprint density at radius 3 is 2.70 bits per heavy atom. The van der Waals surface area contributed by atoms with Gasteiger partial charge >= 0.3 is 12.3 Å². The number of nitrogens with zero attached hydrogens (tertiary/aromatic N) is 6. The van der Waals surface area contributed by atoms with Crippen molar-refractivity contribution in [2.75, 3.05) is 11.4 Å². The Hall–Kier alpha value is -3.61. The summed E-state index contributed by atoms with van der Waals surface area (Å²) in [5.41, 5.74) is 1.05. The van der Waals surface area contributed by atoms with Crippen LogP contribution in [0.1, 0.15) is 13.3 Å². The number of hydrogen-bond acceptors (Lipinski definition) is 7. The Kier molecular flexibility index (Phi) is 5.97. The number of anilines is 1. The van der Waals surface area contributed by atoms with E-state index in [-0.39, 0.29) is 11.3 Å². The smallest absolute Gasteiger partial charge is 0.418 e. The zero-order valence-electron chi connectivity index (χ0n) is 17.2. The van der Waals surface area contributed by atoms with Crippen molar-refractivity contribution in [2.45, 2.75) is 38.3 Å². The van der Waals surface area contributed by atoms with E-state index in [0.29, 0.717) is 23.6 Å². The highest BCUT2D eigenvalue weighted by Crippen LogP contribution is 2.32. The first-order valence-electron chi connectivity index (χ1n) is 9.94. The fourth-order valence-corrected chi connectivity index (χ4v) is 3.30. The van der Waals surface area contributed by atoms with E-state index in [1.807, 2.05) is 6.92 Å². The monoisotopic (exact) mass is 466 g/mol. The summed E-state index contributed by atoms with van der Waals surface area (Å²) >= 11 is 0. The van der Waals surface area contributed by atoms with Gasteiger partial charge in [-0.15, -0.1) is 10.2 Å². The van der Waals surface area contributed by atoms with Crippen LogP contribution in [0.5, 0.6) is 0 Å². The number of halogens is 4. The van der Waals surface area contributed by atoms with E-state index in [9.17, 15) is 27.5 Å². The van der Waals surface area contributed by atoms with Gasteiger partial charge in [-0.25, -0.2) is 9.18 Å². The van der Waals surface area contributed by atoms with E-state index in [4.69, 9.17) is 0 Å². The summed E-state index contributed by atoms with van der Waals surface area (Å²) in [6, 6.07) is 6.97. The highest BCUT2D eigenvalue weighted by molar-refractivity contribution is 5.90. The molecule has 0 radical (unpaired) electrons. The van der Waals surface area contributed by atoms with Gasteiger partial charge in [-0.3, -0.25) is 9.88 Å². The van der Waals surface area contributed by atoms with Gasteiger partial charge in [-0.05, 0) is 35.9 Å². The Morgan fingerprint density at radius 1 is 1.27 bits per heavy atom. The van der Waals surface area contributed by atoms with Gasteiger partial charge in [0.15, 0.2) is 12.2 Å². The molecule has 174 valence electrons. The lowest BCUT2D eigenvalue weighted by Gasteiger charge is -2.19. The second-order valence-corrected chi connectivity index (χ2v) is 7.32. The second-order valence-electron chi connectivity index (χ2n) is 7.32. The molecule has 1 aliphatic rings. The number of rotatable bonds is 6. The van der Waals surface area contributed by atoms with Crippen molar-refractivity contribution in [1.82, 2.24) is 25.2 Å². The number of alkyl halides is 3. The first-order valence-corrected chi connectivity index (χ1v) is 9.94. The van der Waals surface area contributed by atoms with Crippen LogP contribution < -0.4 is 4.90 Å². The first kappa shape index (κ1) is 22.6. The van der Waals surface area contributed by atoms with Crippen molar-refractivity contribution < 1.29 is 32.2 Å². The van der Waals surface area contributed by atoms with E-state index in [1.165, 1.54) is 23.1 Å². The van der Waals surface area contributed by atoms with Gasteiger partial charge in [0.2, 0.25) is 5.82 Å². The quantitative estimate of drug-likeness (QED) is 0.556. The Bertz CT molecular complexity index is 1150. The van der Waals surface area contributed by atoms with Gasteiger partial charge in [-0.2, -0.15) is 18.0 Å². The number of aromatic nitrogens is 5. The van der Waals surface area contributed by atoms with Gasteiger partial charge in [0.25, 0.3) is 0 Å². The van der Waals surface area contributed by atoms with Crippen molar-refractivity contribution in [3.8, 4) is 22.6 Å². The molecule has 3 aromatic rings.